The Labute approximate surface area is 127 Å². The predicted octanol–water partition coefficient (Wildman–Crippen LogP) is 4.42. The molecule has 0 aliphatic rings. The fourth-order valence-electron chi connectivity index (χ4n) is 1.66. The van der Waals surface area contributed by atoms with Crippen LogP contribution in [0.25, 0.3) is 0 Å². The molecule has 0 aliphatic heterocycles. The molecule has 0 bridgehead atoms. The first kappa shape index (κ1) is 14.9. The molecule has 4 nitrogen and oxygen atoms in total. The zero-order chi connectivity index (χ0) is 14.7. The number of hydrogen-bond acceptors (Lipinski definition) is 4. The molecule has 0 atom stereocenters. The number of benzene rings is 1. The largest absolute Gasteiger partial charge is 0.437 e. The molecule has 1 heterocycles. The second-order valence-corrected chi connectivity index (χ2v) is 5.14. The average Bonchev–Trinajstić information content (AvgIpc) is 2.41. The molecule has 2 N–H and O–H groups in total. The lowest BCUT2D eigenvalue weighted by Gasteiger charge is -2.12. The van der Waals surface area contributed by atoms with E-state index in [1.54, 1.807) is 25.1 Å². The number of ether oxygens (including phenoxy) is 1. The van der Waals surface area contributed by atoms with Crippen molar-refractivity contribution in [2.75, 3.05) is 5.73 Å². The Balaban J connectivity index is 2.39. The maximum atomic E-state index is 6.10. The van der Waals surface area contributed by atoms with E-state index in [2.05, 4.69) is 9.97 Å². The summed E-state index contributed by atoms with van der Waals surface area (Å²) in [6.07, 6.45) is 1.67. The highest BCUT2D eigenvalue weighted by Gasteiger charge is 2.13. The normalized spacial score (nSPS) is 10.6. The number of hydrogen-bond donors (Lipinski definition) is 1. The first-order chi connectivity index (χ1) is 9.52. The second kappa shape index (κ2) is 6.29. The Kier molecular flexibility index (Phi) is 4.68. The van der Waals surface area contributed by atoms with Crippen LogP contribution in [0.4, 0.5) is 5.82 Å². The lowest BCUT2D eigenvalue weighted by Crippen LogP contribution is -2.05. The Morgan fingerprint density at radius 3 is 2.70 bits per heavy atom. The van der Waals surface area contributed by atoms with Crippen LogP contribution >= 0.6 is 23.2 Å². The van der Waals surface area contributed by atoms with Crippen LogP contribution in [0.3, 0.4) is 0 Å². The number of anilines is 1. The van der Waals surface area contributed by atoms with Gasteiger partial charge in [0.15, 0.2) is 0 Å². The summed E-state index contributed by atoms with van der Waals surface area (Å²) in [5.74, 6) is 1.92. The molecular formula is C14H15Cl2N3O. The quantitative estimate of drug-likeness (QED) is 0.908. The van der Waals surface area contributed by atoms with E-state index in [0.29, 0.717) is 38.9 Å². The van der Waals surface area contributed by atoms with Crippen molar-refractivity contribution in [2.45, 2.75) is 26.7 Å². The third kappa shape index (κ3) is 3.14. The van der Waals surface area contributed by atoms with Crippen molar-refractivity contribution in [2.24, 2.45) is 0 Å². The maximum Gasteiger partial charge on any atom is 0.227 e. The third-order valence-corrected chi connectivity index (χ3v) is 3.58. The summed E-state index contributed by atoms with van der Waals surface area (Å²) >= 11 is 12.1. The highest BCUT2D eigenvalue weighted by molar-refractivity contribution is 6.42. The van der Waals surface area contributed by atoms with Gasteiger partial charge in [0.25, 0.3) is 0 Å². The Hall–Kier alpha value is -1.52. The zero-order valence-corrected chi connectivity index (χ0v) is 12.8. The molecule has 106 valence electrons. The van der Waals surface area contributed by atoms with Gasteiger partial charge in [-0.1, -0.05) is 36.2 Å². The minimum atomic E-state index is 0.350. The molecule has 1 aromatic heterocycles. The van der Waals surface area contributed by atoms with Crippen LogP contribution in [-0.4, -0.2) is 9.97 Å². The van der Waals surface area contributed by atoms with E-state index in [4.69, 9.17) is 33.7 Å². The van der Waals surface area contributed by atoms with Crippen molar-refractivity contribution in [3.05, 3.63) is 39.6 Å². The number of aromatic nitrogens is 2. The van der Waals surface area contributed by atoms with Crippen LogP contribution in [0.5, 0.6) is 11.6 Å². The van der Waals surface area contributed by atoms with E-state index in [9.17, 15) is 0 Å². The van der Waals surface area contributed by atoms with Gasteiger partial charge in [0, 0.05) is 6.42 Å². The highest BCUT2D eigenvalue weighted by Crippen LogP contribution is 2.35. The second-order valence-electron chi connectivity index (χ2n) is 4.36. The van der Waals surface area contributed by atoms with Gasteiger partial charge >= 0.3 is 0 Å². The highest BCUT2D eigenvalue weighted by atomic mass is 35.5. The van der Waals surface area contributed by atoms with Gasteiger partial charge in [0.2, 0.25) is 5.88 Å². The monoisotopic (exact) mass is 311 g/mol. The molecule has 0 amide bonds. The molecule has 2 rings (SSSR count). The summed E-state index contributed by atoms with van der Waals surface area (Å²) in [5, 5.41) is 0.778. The van der Waals surface area contributed by atoms with Gasteiger partial charge in [-0.2, -0.15) is 4.98 Å². The van der Waals surface area contributed by atoms with E-state index >= 15 is 0 Å². The molecule has 2 aromatic rings. The predicted molar refractivity (Wildman–Crippen MR) is 81.7 cm³/mol. The van der Waals surface area contributed by atoms with E-state index in [-0.39, 0.29) is 0 Å². The molecule has 0 spiro atoms. The smallest absolute Gasteiger partial charge is 0.227 e. The fourth-order valence-corrected chi connectivity index (χ4v) is 1.99. The number of nitrogens with zero attached hydrogens (tertiary/aromatic N) is 2. The molecule has 0 saturated carbocycles. The van der Waals surface area contributed by atoms with Crippen LogP contribution in [-0.2, 0) is 6.42 Å². The molecule has 0 saturated heterocycles. The number of aryl methyl sites for hydroxylation is 1. The molecule has 6 heteroatoms. The van der Waals surface area contributed by atoms with Gasteiger partial charge in [-0.3, -0.25) is 0 Å². The molecule has 20 heavy (non-hydrogen) atoms. The third-order valence-electron chi connectivity index (χ3n) is 2.78. The lowest BCUT2D eigenvalue weighted by atomic mass is 10.3. The summed E-state index contributed by atoms with van der Waals surface area (Å²) in [7, 11) is 0. The van der Waals surface area contributed by atoms with Crippen LogP contribution in [0.15, 0.2) is 18.2 Å². The van der Waals surface area contributed by atoms with Crippen molar-refractivity contribution < 1.29 is 4.74 Å². The number of halogens is 2. The van der Waals surface area contributed by atoms with Crippen molar-refractivity contribution in [3.8, 4) is 11.6 Å². The van der Waals surface area contributed by atoms with Gasteiger partial charge in [0.1, 0.15) is 22.4 Å². The van der Waals surface area contributed by atoms with Crippen molar-refractivity contribution >= 4 is 29.0 Å². The molecule has 0 aliphatic carbocycles. The summed E-state index contributed by atoms with van der Waals surface area (Å²) in [6, 6.07) is 5.18. The van der Waals surface area contributed by atoms with Gasteiger partial charge in [-0.15, -0.1) is 0 Å². The van der Waals surface area contributed by atoms with Crippen LogP contribution in [0, 0.1) is 6.92 Å². The molecular weight excluding hydrogens is 297 g/mol. The molecule has 0 fully saturated rings. The standard InChI is InChI=1S/C14H15Cl2N3O/c1-3-5-11-18-13(17)8(2)14(19-11)20-10-7-4-6-9(15)12(10)16/h4,6-7H,3,5H2,1-2H3,(H2,17,18,19). The fraction of sp³-hybridized carbons (Fsp3) is 0.286. The SMILES string of the molecule is CCCc1nc(N)c(C)c(Oc2cccc(Cl)c2Cl)n1. The molecule has 0 radical (unpaired) electrons. The van der Waals surface area contributed by atoms with Crippen LogP contribution < -0.4 is 10.5 Å². The Bertz CT molecular complexity index is 632. The summed E-state index contributed by atoms with van der Waals surface area (Å²) < 4.78 is 5.74. The van der Waals surface area contributed by atoms with E-state index < -0.39 is 0 Å². The minimum Gasteiger partial charge on any atom is -0.437 e. The van der Waals surface area contributed by atoms with Crippen molar-refractivity contribution in [1.82, 2.24) is 9.97 Å². The summed E-state index contributed by atoms with van der Waals surface area (Å²) in [5.41, 5.74) is 6.56. The Morgan fingerprint density at radius 2 is 2.00 bits per heavy atom. The lowest BCUT2D eigenvalue weighted by molar-refractivity contribution is 0.455. The van der Waals surface area contributed by atoms with E-state index in [1.807, 2.05) is 6.92 Å². The topological polar surface area (TPSA) is 61.0 Å². The van der Waals surface area contributed by atoms with Crippen molar-refractivity contribution in [3.63, 3.8) is 0 Å². The molecule has 1 aromatic carbocycles. The van der Waals surface area contributed by atoms with Gasteiger partial charge < -0.3 is 10.5 Å². The first-order valence-corrected chi connectivity index (χ1v) is 7.03. The van der Waals surface area contributed by atoms with Gasteiger partial charge in [-0.25, -0.2) is 4.98 Å². The maximum absolute atomic E-state index is 6.10. The number of rotatable bonds is 4. The van der Waals surface area contributed by atoms with Crippen LogP contribution in [0.1, 0.15) is 24.7 Å². The van der Waals surface area contributed by atoms with Crippen LogP contribution in [0.2, 0.25) is 10.0 Å². The van der Waals surface area contributed by atoms with E-state index in [0.717, 1.165) is 12.8 Å². The molecule has 0 unspecified atom stereocenters. The zero-order valence-electron chi connectivity index (χ0n) is 11.3. The van der Waals surface area contributed by atoms with Gasteiger partial charge in [-0.05, 0) is 25.5 Å². The number of nitrogens with two attached hydrogens (primary N) is 1. The Morgan fingerprint density at radius 1 is 1.25 bits per heavy atom. The first-order valence-electron chi connectivity index (χ1n) is 6.27. The average molecular weight is 312 g/mol. The summed E-state index contributed by atoms with van der Waals surface area (Å²) in [4.78, 5) is 8.61. The van der Waals surface area contributed by atoms with Gasteiger partial charge in [0.05, 0.1) is 10.6 Å². The minimum absolute atomic E-state index is 0.350. The van der Waals surface area contributed by atoms with E-state index in [1.165, 1.54) is 0 Å². The summed E-state index contributed by atoms with van der Waals surface area (Å²) in [6.45, 7) is 3.85. The number of nitrogen functional groups attached to an aromatic ring is 1. The van der Waals surface area contributed by atoms with Crippen molar-refractivity contribution in [1.29, 1.82) is 0 Å².